The Kier molecular flexibility index (Phi) is 35.7. The fourth-order valence-electron chi connectivity index (χ4n) is 5.08. The molecule has 0 bridgehead atoms. The SMILES string of the molecule is CC/C=C\C/C=C\C/C=C\CCCCC(=O)OCC(COC(=O)CCCC/C=C\C/C=C\CC)OC(=O)CCCCCCCCCCCC. The van der Waals surface area contributed by atoms with Crippen LogP contribution in [0.2, 0.25) is 0 Å². The van der Waals surface area contributed by atoms with Gasteiger partial charge in [-0.3, -0.25) is 14.4 Å². The molecule has 0 fully saturated rings. The lowest BCUT2D eigenvalue weighted by molar-refractivity contribution is -0.167. The van der Waals surface area contributed by atoms with Gasteiger partial charge < -0.3 is 14.2 Å². The maximum absolute atomic E-state index is 12.6. The molecule has 0 aliphatic carbocycles. The lowest BCUT2D eigenvalue weighted by Gasteiger charge is -2.18. The summed E-state index contributed by atoms with van der Waals surface area (Å²) in [5, 5.41) is 0. The monoisotopic (exact) mass is 685 g/mol. The Balaban J connectivity index is 4.48. The van der Waals surface area contributed by atoms with Gasteiger partial charge in [0.1, 0.15) is 13.2 Å². The maximum Gasteiger partial charge on any atom is 0.306 e. The number of esters is 3. The zero-order valence-corrected chi connectivity index (χ0v) is 31.7. The van der Waals surface area contributed by atoms with Crippen molar-refractivity contribution in [3.8, 4) is 0 Å². The van der Waals surface area contributed by atoms with E-state index in [0.29, 0.717) is 19.3 Å². The minimum absolute atomic E-state index is 0.103. The molecule has 0 aliphatic rings. The number of carbonyl (C=O) groups excluding carboxylic acids is 3. The van der Waals surface area contributed by atoms with Gasteiger partial charge in [-0.15, -0.1) is 0 Å². The Morgan fingerprint density at radius 3 is 1.24 bits per heavy atom. The molecule has 49 heavy (non-hydrogen) atoms. The third-order valence-electron chi connectivity index (χ3n) is 8.02. The molecule has 6 heteroatoms. The minimum Gasteiger partial charge on any atom is -0.462 e. The third-order valence-corrected chi connectivity index (χ3v) is 8.02. The van der Waals surface area contributed by atoms with Crippen LogP contribution in [0.15, 0.2) is 60.8 Å². The summed E-state index contributed by atoms with van der Waals surface area (Å²) in [6.45, 7) is 6.28. The molecule has 1 atom stereocenters. The molecule has 0 aliphatic heterocycles. The predicted molar refractivity (Wildman–Crippen MR) is 205 cm³/mol. The number of unbranched alkanes of at least 4 members (excludes halogenated alkanes) is 13. The summed E-state index contributed by atoms with van der Waals surface area (Å²) in [5.41, 5.74) is 0. The highest BCUT2D eigenvalue weighted by Crippen LogP contribution is 2.13. The van der Waals surface area contributed by atoms with Gasteiger partial charge in [0.15, 0.2) is 6.10 Å². The Hall–Kier alpha value is -2.89. The van der Waals surface area contributed by atoms with E-state index in [0.717, 1.165) is 89.9 Å². The number of hydrogen-bond acceptors (Lipinski definition) is 6. The number of rotatable bonds is 34. The lowest BCUT2D eigenvalue weighted by atomic mass is 10.1. The summed E-state index contributed by atoms with van der Waals surface area (Å²) in [7, 11) is 0. The van der Waals surface area contributed by atoms with Crippen molar-refractivity contribution in [1.29, 1.82) is 0 Å². The summed E-state index contributed by atoms with van der Waals surface area (Å²) >= 11 is 0. The third kappa shape index (κ3) is 36.2. The first kappa shape index (κ1) is 46.1. The van der Waals surface area contributed by atoms with Crippen LogP contribution in [0.1, 0.15) is 175 Å². The molecule has 0 rings (SSSR count). The van der Waals surface area contributed by atoms with Crippen LogP contribution in [0.5, 0.6) is 0 Å². The van der Waals surface area contributed by atoms with Gasteiger partial charge >= 0.3 is 17.9 Å². The van der Waals surface area contributed by atoms with Gasteiger partial charge in [-0.2, -0.15) is 0 Å². The second-order valence-corrected chi connectivity index (χ2v) is 12.8. The first-order valence-electron chi connectivity index (χ1n) is 19.8. The Morgan fingerprint density at radius 2 is 0.796 bits per heavy atom. The quantitative estimate of drug-likeness (QED) is 0.0290. The fourth-order valence-corrected chi connectivity index (χ4v) is 5.08. The average molecular weight is 685 g/mol. The van der Waals surface area contributed by atoms with Gasteiger partial charge in [-0.1, -0.05) is 139 Å². The van der Waals surface area contributed by atoms with Crippen LogP contribution in [0.25, 0.3) is 0 Å². The molecule has 0 radical (unpaired) electrons. The number of ether oxygens (including phenoxy) is 3. The molecular formula is C43H72O6. The number of carbonyl (C=O) groups is 3. The summed E-state index contributed by atoms with van der Waals surface area (Å²) in [5.74, 6) is -0.988. The first-order valence-corrected chi connectivity index (χ1v) is 19.8. The largest absolute Gasteiger partial charge is 0.462 e. The molecule has 0 spiro atoms. The molecular weight excluding hydrogens is 612 g/mol. The van der Waals surface area contributed by atoms with E-state index in [4.69, 9.17) is 14.2 Å². The van der Waals surface area contributed by atoms with E-state index in [2.05, 4.69) is 81.5 Å². The highest BCUT2D eigenvalue weighted by atomic mass is 16.6. The lowest BCUT2D eigenvalue weighted by Crippen LogP contribution is -2.30. The van der Waals surface area contributed by atoms with Gasteiger partial charge in [0, 0.05) is 19.3 Å². The van der Waals surface area contributed by atoms with Crippen molar-refractivity contribution in [2.45, 2.75) is 181 Å². The zero-order valence-electron chi connectivity index (χ0n) is 31.7. The molecule has 280 valence electrons. The second-order valence-electron chi connectivity index (χ2n) is 12.8. The van der Waals surface area contributed by atoms with Crippen LogP contribution in [0.3, 0.4) is 0 Å². The Morgan fingerprint density at radius 1 is 0.429 bits per heavy atom. The molecule has 0 N–H and O–H groups in total. The molecule has 6 nitrogen and oxygen atoms in total. The molecule has 0 saturated carbocycles. The van der Waals surface area contributed by atoms with Crippen molar-refractivity contribution >= 4 is 17.9 Å². The van der Waals surface area contributed by atoms with Gasteiger partial charge in [0.05, 0.1) is 0 Å². The van der Waals surface area contributed by atoms with E-state index >= 15 is 0 Å². The average Bonchev–Trinajstić information content (AvgIpc) is 3.10. The maximum atomic E-state index is 12.6. The van der Waals surface area contributed by atoms with Crippen LogP contribution in [-0.2, 0) is 28.6 Å². The van der Waals surface area contributed by atoms with Gasteiger partial charge in [0.25, 0.3) is 0 Å². The van der Waals surface area contributed by atoms with Crippen LogP contribution in [0, 0.1) is 0 Å². The zero-order chi connectivity index (χ0) is 35.9. The van der Waals surface area contributed by atoms with Gasteiger partial charge in [-0.05, 0) is 77.0 Å². The summed E-state index contributed by atoms with van der Waals surface area (Å²) in [6.07, 6.45) is 43.6. The van der Waals surface area contributed by atoms with Crippen LogP contribution < -0.4 is 0 Å². The van der Waals surface area contributed by atoms with E-state index in [1.165, 1.54) is 44.9 Å². The standard InChI is InChI=1S/C43H72O6/c1-4-7-10-13-16-19-21-22-25-27-30-33-36-42(45)48-39-40(38-47-41(44)35-32-29-26-23-18-15-12-9-6-3)49-43(46)37-34-31-28-24-20-17-14-11-8-5-2/h7,9-10,12,16,18-19,22-23,25,40H,4-6,8,11,13-15,17,20-21,24,26-39H2,1-3H3/b10-7-,12-9-,19-16-,23-18-,25-22-. The van der Waals surface area contributed by atoms with Crippen LogP contribution in [-0.4, -0.2) is 37.2 Å². The van der Waals surface area contributed by atoms with Gasteiger partial charge in [-0.25, -0.2) is 0 Å². The van der Waals surface area contributed by atoms with Crippen molar-refractivity contribution in [3.63, 3.8) is 0 Å². The van der Waals surface area contributed by atoms with Crippen molar-refractivity contribution in [3.05, 3.63) is 60.8 Å². The Bertz CT molecular complexity index is 929. The van der Waals surface area contributed by atoms with Crippen molar-refractivity contribution < 1.29 is 28.6 Å². The number of hydrogen-bond donors (Lipinski definition) is 0. The highest BCUT2D eigenvalue weighted by Gasteiger charge is 2.19. The topological polar surface area (TPSA) is 78.9 Å². The fraction of sp³-hybridized carbons (Fsp3) is 0.698. The molecule has 0 heterocycles. The predicted octanol–water partition coefficient (Wildman–Crippen LogP) is 12.2. The van der Waals surface area contributed by atoms with Gasteiger partial charge in [0.2, 0.25) is 0 Å². The van der Waals surface area contributed by atoms with E-state index < -0.39 is 6.10 Å². The van der Waals surface area contributed by atoms with E-state index in [-0.39, 0.29) is 31.1 Å². The van der Waals surface area contributed by atoms with Crippen LogP contribution >= 0.6 is 0 Å². The molecule has 0 aromatic heterocycles. The van der Waals surface area contributed by atoms with Crippen molar-refractivity contribution in [2.75, 3.05) is 13.2 Å². The summed E-state index contributed by atoms with van der Waals surface area (Å²) < 4.78 is 16.5. The normalized spacial score (nSPS) is 12.6. The minimum atomic E-state index is -0.795. The van der Waals surface area contributed by atoms with Crippen LogP contribution in [0.4, 0.5) is 0 Å². The second kappa shape index (κ2) is 37.9. The van der Waals surface area contributed by atoms with Crippen molar-refractivity contribution in [2.24, 2.45) is 0 Å². The van der Waals surface area contributed by atoms with Crippen molar-refractivity contribution in [1.82, 2.24) is 0 Å². The summed E-state index contributed by atoms with van der Waals surface area (Å²) in [4.78, 5) is 37.4. The smallest absolute Gasteiger partial charge is 0.306 e. The Labute approximate surface area is 300 Å². The van der Waals surface area contributed by atoms with E-state index in [1.807, 2.05) is 0 Å². The molecule has 1 unspecified atom stereocenters. The van der Waals surface area contributed by atoms with E-state index in [1.54, 1.807) is 0 Å². The number of allylic oxidation sites excluding steroid dienone is 10. The molecule has 0 aromatic rings. The molecule has 0 saturated heterocycles. The van der Waals surface area contributed by atoms with E-state index in [9.17, 15) is 14.4 Å². The molecule has 0 aromatic carbocycles. The molecule has 0 amide bonds. The first-order chi connectivity index (χ1) is 24.0. The summed E-state index contributed by atoms with van der Waals surface area (Å²) in [6, 6.07) is 0. The highest BCUT2D eigenvalue weighted by molar-refractivity contribution is 5.71.